The highest BCUT2D eigenvalue weighted by molar-refractivity contribution is 5.04. The van der Waals surface area contributed by atoms with Crippen LogP contribution in [0.4, 0.5) is 0 Å². The molecular formula is C13H24N2. The van der Waals surface area contributed by atoms with Crippen molar-refractivity contribution < 1.29 is 0 Å². The van der Waals surface area contributed by atoms with Gasteiger partial charge in [-0.1, -0.05) is 0 Å². The number of nitrogens with zero attached hydrogens (tertiary/aromatic N) is 1. The maximum absolute atomic E-state index is 3.79. The molecule has 2 atom stereocenters. The lowest BCUT2D eigenvalue weighted by Gasteiger charge is -2.45. The predicted octanol–water partition coefficient (Wildman–Crippen LogP) is 1.86. The highest BCUT2D eigenvalue weighted by Crippen LogP contribution is 2.42. The molecule has 0 bridgehead atoms. The van der Waals surface area contributed by atoms with Crippen molar-refractivity contribution in [1.82, 2.24) is 10.2 Å². The number of piperazine rings is 1. The Hall–Kier alpha value is -0.0800. The van der Waals surface area contributed by atoms with E-state index in [0.717, 1.165) is 17.9 Å². The van der Waals surface area contributed by atoms with Gasteiger partial charge in [0.05, 0.1) is 0 Å². The molecule has 0 aromatic rings. The van der Waals surface area contributed by atoms with Crippen LogP contribution in [-0.4, -0.2) is 36.1 Å². The summed E-state index contributed by atoms with van der Waals surface area (Å²) in [6.07, 6.45) is 5.87. The van der Waals surface area contributed by atoms with Crippen LogP contribution < -0.4 is 5.32 Å². The molecule has 2 saturated carbocycles. The number of hydrogen-bond acceptors (Lipinski definition) is 2. The van der Waals surface area contributed by atoms with Gasteiger partial charge in [-0.25, -0.2) is 0 Å². The normalized spacial score (nSPS) is 43.2. The third kappa shape index (κ3) is 2.07. The summed E-state index contributed by atoms with van der Waals surface area (Å²) in [6.45, 7) is 8.67. The van der Waals surface area contributed by atoms with Crippen LogP contribution >= 0.6 is 0 Å². The SMILES string of the molecule is CC1CNC(C)(C2CC2)CN1CC1CC1. The van der Waals surface area contributed by atoms with Gasteiger partial charge in [0.1, 0.15) is 0 Å². The first kappa shape index (κ1) is 10.1. The molecule has 0 amide bonds. The first-order valence-corrected chi connectivity index (χ1v) is 6.66. The molecule has 1 aliphatic heterocycles. The van der Waals surface area contributed by atoms with Gasteiger partial charge in [0.2, 0.25) is 0 Å². The van der Waals surface area contributed by atoms with Crippen LogP contribution in [0.25, 0.3) is 0 Å². The monoisotopic (exact) mass is 208 g/mol. The van der Waals surface area contributed by atoms with E-state index in [1.807, 2.05) is 0 Å². The molecule has 0 aromatic heterocycles. The van der Waals surface area contributed by atoms with Crippen molar-refractivity contribution in [2.45, 2.75) is 51.1 Å². The Labute approximate surface area is 93.4 Å². The van der Waals surface area contributed by atoms with Gasteiger partial charge in [0.15, 0.2) is 0 Å². The molecule has 15 heavy (non-hydrogen) atoms. The average Bonchev–Trinajstić information content (AvgIpc) is 3.00. The van der Waals surface area contributed by atoms with E-state index in [-0.39, 0.29) is 0 Å². The van der Waals surface area contributed by atoms with Gasteiger partial charge >= 0.3 is 0 Å². The Balaban J connectivity index is 1.64. The fourth-order valence-corrected chi connectivity index (χ4v) is 3.01. The van der Waals surface area contributed by atoms with Crippen LogP contribution in [0.2, 0.25) is 0 Å². The summed E-state index contributed by atoms with van der Waals surface area (Å²) in [4.78, 5) is 2.74. The van der Waals surface area contributed by atoms with Crippen molar-refractivity contribution >= 4 is 0 Å². The molecule has 3 rings (SSSR count). The molecule has 3 aliphatic rings. The van der Waals surface area contributed by atoms with Crippen molar-refractivity contribution in [2.75, 3.05) is 19.6 Å². The summed E-state index contributed by atoms with van der Waals surface area (Å²) in [6, 6.07) is 0.748. The summed E-state index contributed by atoms with van der Waals surface area (Å²) < 4.78 is 0. The second kappa shape index (κ2) is 3.46. The minimum absolute atomic E-state index is 0.432. The molecule has 0 radical (unpaired) electrons. The summed E-state index contributed by atoms with van der Waals surface area (Å²) in [5.74, 6) is 2.00. The van der Waals surface area contributed by atoms with Crippen LogP contribution in [-0.2, 0) is 0 Å². The number of rotatable bonds is 3. The number of hydrogen-bond donors (Lipinski definition) is 1. The lowest BCUT2D eigenvalue weighted by molar-refractivity contribution is 0.0793. The van der Waals surface area contributed by atoms with E-state index in [1.54, 1.807) is 0 Å². The second-order valence-corrected chi connectivity index (χ2v) is 6.29. The minimum atomic E-state index is 0.432. The Bertz CT molecular complexity index is 245. The molecule has 1 saturated heterocycles. The molecule has 1 N–H and O–H groups in total. The van der Waals surface area contributed by atoms with Gasteiger partial charge in [0.25, 0.3) is 0 Å². The lowest BCUT2D eigenvalue weighted by atomic mass is 9.91. The fourth-order valence-electron chi connectivity index (χ4n) is 3.01. The quantitative estimate of drug-likeness (QED) is 0.761. The number of nitrogens with one attached hydrogen (secondary N) is 1. The second-order valence-electron chi connectivity index (χ2n) is 6.29. The van der Waals surface area contributed by atoms with Gasteiger partial charge in [-0.05, 0) is 51.4 Å². The van der Waals surface area contributed by atoms with Crippen molar-refractivity contribution in [2.24, 2.45) is 11.8 Å². The summed E-state index contributed by atoms with van der Waals surface area (Å²) in [5, 5.41) is 3.79. The molecular weight excluding hydrogens is 184 g/mol. The van der Waals surface area contributed by atoms with E-state index in [4.69, 9.17) is 0 Å². The molecule has 2 heteroatoms. The topological polar surface area (TPSA) is 15.3 Å². The zero-order valence-corrected chi connectivity index (χ0v) is 10.1. The zero-order chi connectivity index (χ0) is 10.5. The van der Waals surface area contributed by atoms with Crippen molar-refractivity contribution in [1.29, 1.82) is 0 Å². The maximum Gasteiger partial charge on any atom is 0.0309 e. The molecule has 0 aromatic carbocycles. The Morgan fingerprint density at radius 1 is 1.27 bits per heavy atom. The van der Waals surface area contributed by atoms with Crippen LogP contribution in [0.1, 0.15) is 39.5 Å². The smallest absolute Gasteiger partial charge is 0.0309 e. The first-order valence-electron chi connectivity index (χ1n) is 6.66. The van der Waals surface area contributed by atoms with E-state index < -0.39 is 0 Å². The van der Waals surface area contributed by atoms with Gasteiger partial charge < -0.3 is 5.32 Å². The third-order valence-electron chi connectivity index (χ3n) is 4.62. The highest BCUT2D eigenvalue weighted by atomic mass is 15.3. The molecule has 0 spiro atoms. The van der Waals surface area contributed by atoms with Crippen molar-refractivity contribution in [3.8, 4) is 0 Å². The molecule has 2 aliphatic carbocycles. The van der Waals surface area contributed by atoms with E-state index in [2.05, 4.69) is 24.1 Å². The Morgan fingerprint density at radius 3 is 2.60 bits per heavy atom. The van der Waals surface area contributed by atoms with Crippen LogP contribution in [0.15, 0.2) is 0 Å². The van der Waals surface area contributed by atoms with Gasteiger partial charge in [-0.3, -0.25) is 4.90 Å². The predicted molar refractivity (Wildman–Crippen MR) is 62.9 cm³/mol. The maximum atomic E-state index is 3.79. The molecule has 2 unspecified atom stereocenters. The molecule has 1 heterocycles. The van der Waals surface area contributed by atoms with Crippen LogP contribution in [0, 0.1) is 11.8 Å². The minimum Gasteiger partial charge on any atom is -0.308 e. The third-order valence-corrected chi connectivity index (χ3v) is 4.62. The highest BCUT2D eigenvalue weighted by Gasteiger charge is 2.45. The van der Waals surface area contributed by atoms with Gasteiger partial charge in [-0.2, -0.15) is 0 Å². The summed E-state index contributed by atoms with van der Waals surface area (Å²) in [5.41, 5.74) is 0.432. The molecule has 2 nitrogen and oxygen atoms in total. The van der Waals surface area contributed by atoms with Crippen LogP contribution in [0.3, 0.4) is 0 Å². The summed E-state index contributed by atoms with van der Waals surface area (Å²) >= 11 is 0. The van der Waals surface area contributed by atoms with Gasteiger partial charge in [0, 0.05) is 31.2 Å². The first-order chi connectivity index (χ1) is 7.17. The van der Waals surface area contributed by atoms with Crippen molar-refractivity contribution in [3.05, 3.63) is 0 Å². The van der Waals surface area contributed by atoms with Crippen molar-refractivity contribution in [3.63, 3.8) is 0 Å². The standard InChI is InChI=1S/C13H24N2/c1-10-7-14-13(2,12-5-6-12)9-15(10)8-11-3-4-11/h10-12,14H,3-9H2,1-2H3. The lowest BCUT2D eigenvalue weighted by Crippen LogP contribution is -2.63. The Kier molecular flexibility index (Phi) is 2.33. The zero-order valence-electron chi connectivity index (χ0n) is 10.1. The fraction of sp³-hybridized carbons (Fsp3) is 1.00. The van der Waals surface area contributed by atoms with E-state index >= 15 is 0 Å². The average molecular weight is 208 g/mol. The molecule has 3 fully saturated rings. The van der Waals surface area contributed by atoms with E-state index in [1.165, 1.54) is 45.3 Å². The van der Waals surface area contributed by atoms with E-state index in [0.29, 0.717) is 5.54 Å². The van der Waals surface area contributed by atoms with E-state index in [9.17, 15) is 0 Å². The van der Waals surface area contributed by atoms with Gasteiger partial charge in [-0.15, -0.1) is 0 Å². The Morgan fingerprint density at radius 2 is 2.00 bits per heavy atom. The molecule has 86 valence electrons. The summed E-state index contributed by atoms with van der Waals surface area (Å²) in [7, 11) is 0. The largest absolute Gasteiger partial charge is 0.308 e. The van der Waals surface area contributed by atoms with Crippen LogP contribution in [0.5, 0.6) is 0 Å².